The summed E-state index contributed by atoms with van der Waals surface area (Å²) in [6.45, 7) is 8.22. The minimum absolute atomic E-state index is 0.523. The van der Waals surface area contributed by atoms with E-state index in [0.29, 0.717) is 18.5 Å². The Labute approximate surface area is 135 Å². The molecule has 1 aliphatic heterocycles. The van der Waals surface area contributed by atoms with Gasteiger partial charge < -0.3 is 5.32 Å². The van der Waals surface area contributed by atoms with Gasteiger partial charge >= 0.3 is 0 Å². The molecule has 2 atom stereocenters. The molecule has 1 fully saturated rings. The van der Waals surface area contributed by atoms with E-state index in [1.165, 1.54) is 18.4 Å². The topological polar surface area (TPSA) is 39.1 Å². The van der Waals surface area contributed by atoms with Crippen LogP contribution in [0.3, 0.4) is 0 Å². The highest BCUT2D eigenvalue weighted by Gasteiger charge is 2.26. The van der Waals surface area contributed by atoms with Gasteiger partial charge in [0.1, 0.15) is 0 Å². The molecule has 0 spiro atoms. The van der Waals surface area contributed by atoms with Crippen molar-refractivity contribution in [2.45, 2.75) is 39.2 Å². The second-order valence-corrected chi connectivity index (χ2v) is 6.98. The standard InChI is InChI=1S/C19H29N3/c1-16(2)8-10-21-19-13-18(14-22(15-19)11-9-20)12-17-6-4-3-5-7-17/h3-7,16,18-19,21H,8,10-15H2,1-2H3. The first-order valence-electron chi connectivity index (χ1n) is 8.54. The molecule has 1 heterocycles. The number of likely N-dealkylation sites (tertiary alicyclic amines) is 1. The third-order valence-electron chi connectivity index (χ3n) is 4.43. The van der Waals surface area contributed by atoms with E-state index in [2.05, 4.69) is 60.5 Å². The summed E-state index contributed by atoms with van der Waals surface area (Å²) in [5.41, 5.74) is 1.41. The molecular weight excluding hydrogens is 270 g/mol. The van der Waals surface area contributed by atoms with Crippen molar-refractivity contribution >= 4 is 0 Å². The largest absolute Gasteiger partial charge is 0.313 e. The Balaban J connectivity index is 1.90. The number of hydrogen-bond donors (Lipinski definition) is 1. The van der Waals surface area contributed by atoms with Gasteiger partial charge in [-0.3, -0.25) is 4.90 Å². The van der Waals surface area contributed by atoms with Gasteiger partial charge in [0.15, 0.2) is 0 Å². The summed E-state index contributed by atoms with van der Waals surface area (Å²) in [5, 5.41) is 12.7. The minimum atomic E-state index is 0.523. The number of hydrogen-bond acceptors (Lipinski definition) is 3. The van der Waals surface area contributed by atoms with Gasteiger partial charge in [0, 0.05) is 19.1 Å². The van der Waals surface area contributed by atoms with Crippen LogP contribution in [0.5, 0.6) is 0 Å². The summed E-state index contributed by atoms with van der Waals surface area (Å²) >= 11 is 0. The van der Waals surface area contributed by atoms with Gasteiger partial charge in [0.25, 0.3) is 0 Å². The fraction of sp³-hybridized carbons (Fsp3) is 0.632. The summed E-state index contributed by atoms with van der Waals surface area (Å²) in [7, 11) is 0. The second kappa shape index (κ2) is 8.92. The van der Waals surface area contributed by atoms with E-state index >= 15 is 0 Å². The third kappa shape index (κ3) is 5.79. The van der Waals surface area contributed by atoms with Gasteiger partial charge in [0.05, 0.1) is 12.6 Å². The maximum absolute atomic E-state index is 9.02. The van der Waals surface area contributed by atoms with Crippen molar-refractivity contribution in [3.63, 3.8) is 0 Å². The fourth-order valence-corrected chi connectivity index (χ4v) is 3.35. The van der Waals surface area contributed by atoms with E-state index in [1.807, 2.05) is 0 Å². The highest BCUT2D eigenvalue weighted by atomic mass is 15.2. The number of nitrogens with one attached hydrogen (secondary N) is 1. The molecule has 22 heavy (non-hydrogen) atoms. The normalized spacial score (nSPS) is 22.6. The lowest BCUT2D eigenvalue weighted by atomic mass is 9.88. The van der Waals surface area contributed by atoms with E-state index in [-0.39, 0.29) is 0 Å². The highest BCUT2D eigenvalue weighted by molar-refractivity contribution is 5.15. The molecule has 120 valence electrons. The van der Waals surface area contributed by atoms with Crippen molar-refractivity contribution in [3.8, 4) is 6.07 Å². The van der Waals surface area contributed by atoms with Gasteiger partial charge in [-0.05, 0) is 43.2 Å². The zero-order chi connectivity index (χ0) is 15.8. The molecule has 1 saturated heterocycles. The Morgan fingerprint density at radius 2 is 2.05 bits per heavy atom. The zero-order valence-corrected chi connectivity index (χ0v) is 14.0. The van der Waals surface area contributed by atoms with E-state index < -0.39 is 0 Å². The first-order valence-corrected chi connectivity index (χ1v) is 8.54. The fourth-order valence-electron chi connectivity index (χ4n) is 3.35. The predicted molar refractivity (Wildman–Crippen MR) is 91.6 cm³/mol. The molecule has 0 radical (unpaired) electrons. The van der Waals surface area contributed by atoms with Crippen molar-refractivity contribution in [2.75, 3.05) is 26.2 Å². The Bertz CT molecular complexity index is 463. The summed E-state index contributed by atoms with van der Waals surface area (Å²) in [6, 6.07) is 13.6. The van der Waals surface area contributed by atoms with Crippen LogP contribution in [0.4, 0.5) is 0 Å². The van der Waals surface area contributed by atoms with E-state index in [0.717, 1.165) is 32.0 Å². The average molecular weight is 299 g/mol. The average Bonchev–Trinajstić information content (AvgIpc) is 2.48. The summed E-state index contributed by atoms with van der Waals surface area (Å²) in [6.07, 6.45) is 3.55. The lowest BCUT2D eigenvalue weighted by molar-refractivity contribution is 0.154. The van der Waals surface area contributed by atoms with Crippen LogP contribution in [0.1, 0.15) is 32.3 Å². The van der Waals surface area contributed by atoms with Crippen LogP contribution in [0.25, 0.3) is 0 Å². The van der Waals surface area contributed by atoms with E-state index in [9.17, 15) is 0 Å². The lowest BCUT2D eigenvalue weighted by Crippen LogP contribution is -2.50. The van der Waals surface area contributed by atoms with Crippen molar-refractivity contribution < 1.29 is 0 Å². The molecule has 3 heteroatoms. The molecule has 0 amide bonds. The lowest BCUT2D eigenvalue weighted by Gasteiger charge is -2.37. The molecule has 1 aromatic carbocycles. The van der Waals surface area contributed by atoms with Crippen LogP contribution in [0, 0.1) is 23.2 Å². The zero-order valence-electron chi connectivity index (χ0n) is 14.0. The quantitative estimate of drug-likeness (QED) is 0.786. The van der Waals surface area contributed by atoms with E-state index in [1.54, 1.807) is 0 Å². The van der Waals surface area contributed by atoms with Crippen LogP contribution >= 0.6 is 0 Å². The summed E-state index contributed by atoms with van der Waals surface area (Å²) in [4.78, 5) is 2.31. The molecule has 2 rings (SSSR count). The number of piperidine rings is 1. The Morgan fingerprint density at radius 1 is 1.27 bits per heavy atom. The highest BCUT2D eigenvalue weighted by Crippen LogP contribution is 2.21. The number of nitriles is 1. The van der Waals surface area contributed by atoms with Gasteiger partial charge in [-0.15, -0.1) is 0 Å². The minimum Gasteiger partial charge on any atom is -0.313 e. The number of rotatable bonds is 7. The number of nitrogens with zero attached hydrogens (tertiary/aromatic N) is 2. The molecule has 0 saturated carbocycles. The molecular formula is C19H29N3. The van der Waals surface area contributed by atoms with Crippen LogP contribution in [-0.4, -0.2) is 37.1 Å². The Hall–Kier alpha value is -1.37. The smallest absolute Gasteiger partial charge is 0.0866 e. The van der Waals surface area contributed by atoms with Crippen molar-refractivity contribution in [2.24, 2.45) is 11.8 Å². The van der Waals surface area contributed by atoms with Gasteiger partial charge in [-0.2, -0.15) is 5.26 Å². The van der Waals surface area contributed by atoms with Crippen molar-refractivity contribution in [1.82, 2.24) is 10.2 Å². The maximum atomic E-state index is 9.02. The molecule has 3 nitrogen and oxygen atoms in total. The molecule has 0 aromatic heterocycles. The monoisotopic (exact) mass is 299 g/mol. The first kappa shape index (κ1) is 17.0. The first-order chi connectivity index (χ1) is 10.7. The molecule has 2 unspecified atom stereocenters. The van der Waals surface area contributed by atoms with E-state index in [4.69, 9.17) is 5.26 Å². The SMILES string of the molecule is CC(C)CCNC1CC(Cc2ccccc2)CN(CC#N)C1. The summed E-state index contributed by atoms with van der Waals surface area (Å²) < 4.78 is 0. The van der Waals surface area contributed by atoms with Gasteiger partial charge in [-0.1, -0.05) is 44.2 Å². The van der Waals surface area contributed by atoms with Gasteiger partial charge in [0.2, 0.25) is 0 Å². The van der Waals surface area contributed by atoms with Crippen molar-refractivity contribution in [3.05, 3.63) is 35.9 Å². The number of benzene rings is 1. The third-order valence-corrected chi connectivity index (χ3v) is 4.43. The maximum Gasteiger partial charge on any atom is 0.0866 e. The summed E-state index contributed by atoms with van der Waals surface area (Å²) in [5.74, 6) is 1.38. The van der Waals surface area contributed by atoms with Crippen LogP contribution in [-0.2, 0) is 6.42 Å². The Morgan fingerprint density at radius 3 is 2.73 bits per heavy atom. The van der Waals surface area contributed by atoms with Crippen molar-refractivity contribution in [1.29, 1.82) is 5.26 Å². The Kier molecular flexibility index (Phi) is 6.89. The molecule has 0 aliphatic carbocycles. The molecule has 1 aliphatic rings. The van der Waals surface area contributed by atoms with Gasteiger partial charge in [-0.25, -0.2) is 0 Å². The molecule has 1 aromatic rings. The second-order valence-electron chi connectivity index (χ2n) is 6.98. The predicted octanol–water partition coefficient (Wildman–Crippen LogP) is 3.08. The van der Waals surface area contributed by atoms with Crippen LogP contribution in [0.15, 0.2) is 30.3 Å². The van der Waals surface area contributed by atoms with Crippen LogP contribution in [0.2, 0.25) is 0 Å². The molecule has 0 bridgehead atoms. The van der Waals surface area contributed by atoms with Crippen LogP contribution < -0.4 is 5.32 Å². The molecule has 1 N–H and O–H groups in total.